The average molecular weight is 360 g/mol. The van der Waals surface area contributed by atoms with Gasteiger partial charge in [-0.2, -0.15) is 0 Å². The van der Waals surface area contributed by atoms with E-state index < -0.39 is 0 Å². The molecule has 1 aromatic carbocycles. The topological polar surface area (TPSA) is 46.6 Å². The molecular formula is C15H15Cl2NO3S. The first-order valence-electron chi connectivity index (χ1n) is 6.76. The van der Waals surface area contributed by atoms with Gasteiger partial charge in [0, 0.05) is 17.1 Å². The fraction of sp³-hybridized carbons (Fsp3) is 0.333. The van der Waals surface area contributed by atoms with Gasteiger partial charge in [-0.25, -0.2) is 0 Å². The molecule has 1 aliphatic rings. The van der Waals surface area contributed by atoms with Crippen molar-refractivity contribution >= 4 is 52.2 Å². The van der Waals surface area contributed by atoms with Crippen LogP contribution in [0.4, 0.5) is 4.79 Å². The lowest BCUT2D eigenvalue weighted by molar-refractivity contribution is -0.122. The number of amides is 2. The van der Waals surface area contributed by atoms with Gasteiger partial charge in [0.15, 0.2) is 0 Å². The fourth-order valence-corrected chi connectivity index (χ4v) is 3.50. The Morgan fingerprint density at radius 1 is 1.32 bits per heavy atom. The van der Waals surface area contributed by atoms with Crippen molar-refractivity contribution in [2.75, 3.05) is 13.7 Å². The first kappa shape index (κ1) is 17.2. The van der Waals surface area contributed by atoms with Crippen molar-refractivity contribution in [1.29, 1.82) is 0 Å². The van der Waals surface area contributed by atoms with Crippen molar-refractivity contribution in [2.24, 2.45) is 0 Å². The summed E-state index contributed by atoms with van der Waals surface area (Å²) in [5, 5.41) is 0.533. The summed E-state index contributed by atoms with van der Waals surface area (Å²) < 4.78 is 5.24. The van der Waals surface area contributed by atoms with Crippen LogP contribution >= 0.6 is 35.0 Å². The third-order valence-corrected chi connectivity index (χ3v) is 4.54. The molecule has 7 heteroatoms. The SMILES string of the molecule is CCCCN1C(=O)S/C(=C\c2cc(Cl)cc(Cl)c2OC)C1=O. The molecule has 0 unspecified atom stereocenters. The Bertz CT molecular complexity index is 646. The summed E-state index contributed by atoms with van der Waals surface area (Å²) in [5.74, 6) is 0.132. The Hall–Kier alpha value is -1.17. The van der Waals surface area contributed by atoms with Crippen LogP contribution in [0.25, 0.3) is 6.08 Å². The van der Waals surface area contributed by atoms with Crippen LogP contribution in [0.1, 0.15) is 25.3 Å². The van der Waals surface area contributed by atoms with Crippen LogP contribution in [0.15, 0.2) is 17.0 Å². The van der Waals surface area contributed by atoms with E-state index in [0.717, 1.165) is 24.6 Å². The van der Waals surface area contributed by atoms with Gasteiger partial charge in [-0.05, 0) is 36.4 Å². The van der Waals surface area contributed by atoms with Gasteiger partial charge >= 0.3 is 0 Å². The van der Waals surface area contributed by atoms with E-state index in [0.29, 0.717) is 32.8 Å². The summed E-state index contributed by atoms with van der Waals surface area (Å²) in [6.07, 6.45) is 3.30. The van der Waals surface area contributed by atoms with Gasteiger partial charge in [0.05, 0.1) is 17.0 Å². The molecule has 1 fully saturated rings. The lowest BCUT2D eigenvalue weighted by Crippen LogP contribution is -2.29. The highest BCUT2D eigenvalue weighted by Crippen LogP contribution is 2.37. The number of methoxy groups -OCH3 is 1. The number of benzene rings is 1. The van der Waals surface area contributed by atoms with Gasteiger partial charge in [0.1, 0.15) is 5.75 Å². The number of carbonyl (C=O) groups is 2. The van der Waals surface area contributed by atoms with Gasteiger partial charge in [0.2, 0.25) is 0 Å². The molecule has 2 amide bonds. The summed E-state index contributed by atoms with van der Waals surface area (Å²) in [5.41, 5.74) is 0.570. The zero-order valence-electron chi connectivity index (χ0n) is 12.2. The third kappa shape index (κ3) is 3.59. The molecule has 0 aromatic heterocycles. The van der Waals surface area contributed by atoms with Crippen molar-refractivity contribution in [2.45, 2.75) is 19.8 Å². The van der Waals surface area contributed by atoms with Gasteiger partial charge in [-0.1, -0.05) is 36.5 Å². The second-order valence-electron chi connectivity index (χ2n) is 4.70. The maximum atomic E-state index is 12.3. The highest BCUT2D eigenvalue weighted by Gasteiger charge is 2.34. The molecule has 22 heavy (non-hydrogen) atoms. The van der Waals surface area contributed by atoms with Crippen molar-refractivity contribution in [1.82, 2.24) is 4.90 Å². The minimum Gasteiger partial charge on any atom is -0.495 e. The quantitative estimate of drug-likeness (QED) is 0.705. The highest BCUT2D eigenvalue weighted by atomic mass is 35.5. The van der Waals surface area contributed by atoms with Crippen LogP contribution in [-0.2, 0) is 4.79 Å². The summed E-state index contributed by atoms with van der Waals surface area (Å²) in [6.45, 7) is 2.44. The molecule has 0 spiro atoms. The average Bonchev–Trinajstić information content (AvgIpc) is 2.71. The molecule has 2 rings (SSSR count). The Balaban J connectivity index is 2.35. The Labute approximate surface area is 143 Å². The molecule has 0 N–H and O–H groups in total. The Morgan fingerprint density at radius 3 is 2.68 bits per heavy atom. The second-order valence-corrected chi connectivity index (χ2v) is 6.53. The smallest absolute Gasteiger partial charge is 0.293 e. The summed E-state index contributed by atoms with van der Waals surface area (Å²) in [4.78, 5) is 25.8. The first-order valence-corrected chi connectivity index (χ1v) is 8.33. The van der Waals surface area contributed by atoms with E-state index in [-0.39, 0.29) is 11.1 Å². The predicted molar refractivity (Wildman–Crippen MR) is 90.6 cm³/mol. The van der Waals surface area contributed by atoms with Crippen molar-refractivity contribution < 1.29 is 14.3 Å². The van der Waals surface area contributed by atoms with Gasteiger partial charge < -0.3 is 4.74 Å². The summed E-state index contributed by atoms with van der Waals surface area (Å²) in [6, 6.07) is 3.21. The lowest BCUT2D eigenvalue weighted by Gasteiger charge is -2.11. The van der Waals surface area contributed by atoms with Crippen LogP contribution in [0.3, 0.4) is 0 Å². The molecule has 118 valence electrons. The number of thioether (sulfide) groups is 1. The van der Waals surface area contributed by atoms with Crippen LogP contribution < -0.4 is 4.74 Å². The first-order chi connectivity index (χ1) is 10.5. The molecule has 0 atom stereocenters. The van der Waals surface area contributed by atoms with Gasteiger partial charge in [-0.15, -0.1) is 0 Å². The van der Waals surface area contributed by atoms with Gasteiger partial charge in [-0.3, -0.25) is 14.5 Å². The number of hydrogen-bond acceptors (Lipinski definition) is 4. The molecule has 4 nitrogen and oxygen atoms in total. The molecule has 0 aliphatic carbocycles. The van der Waals surface area contributed by atoms with E-state index in [1.165, 1.54) is 12.0 Å². The van der Waals surface area contributed by atoms with E-state index in [1.807, 2.05) is 6.92 Å². The van der Waals surface area contributed by atoms with Crippen molar-refractivity contribution in [3.63, 3.8) is 0 Å². The normalized spacial score (nSPS) is 16.7. The van der Waals surface area contributed by atoms with Gasteiger partial charge in [0.25, 0.3) is 11.1 Å². The maximum absolute atomic E-state index is 12.3. The maximum Gasteiger partial charge on any atom is 0.293 e. The summed E-state index contributed by atoms with van der Waals surface area (Å²) in [7, 11) is 1.49. The largest absolute Gasteiger partial charge is 0.495 e. The number of hydrogen-bond donors (Lipinski definition) is 0. The molecule has 1 heterocycles. The van der Waals surface area contributed by atoms with Crippen LogP contribution in [0.2, 0.25) is 10.0 Å². The zero-order valence-corrected chi connectivity index (χ0v) is 14.5. The van der Waals surface area contributed by atoms with Crippen LogP contribution in [0, 0.1) is 0 Å². The fourth-order valence-electron chi connectivity index (χ4n) is 2.05. The third-order valence-electron chi connectivity index (χ3n) is 3.14. The summed E-state index contributed by atoms with van der Waals surface area (Å²) >= 11 is 13.0. The number of unbranched alkanes of at least 4 members (excludes halogenated alkanes) is 1. The number of halogens is 2. The van der Waals surface area contributed by atoms with Crippen LogP contribution in [-0.4, -0.2) is 29.7 Å². The monoisotopic (exact) mass is 359 g/mol. The molecule has 1 saturated heterocycles. The number of ether oxygens (including phenoxy) is 1. The van der Waals surface area contributed by atoms with Crippen molar-refractivity contribution in [3.8, 4) is 5.75 Å². The number of nitrogens with zero attached hydrogens (tertiary/aromatic N) is 1. The molecule has 0 bridgehead atoms. The number of imide groups is 1. The standard InChI is InChI=1S/C15H15Cl2NO3S/c1-3-4-5-18-14(19)12(22-15(18)20)7-9-6-10(16)8-11(17)13(9)21-2/h6-8H,3-5H2,1-2H3/b12-7-. The molecule has 0 saturated carbocycles. The molecule has 1 aromatic rings. The lowest BCUT2D eigenvalue weighted by atomic mass is 10.1. The zero-order chi connectivity index (χ0) is 16.3. The molecular weight excluding hydrogens is 345 g/mol. The Kier molecular flexibility index (Phi) is 5.78. The Morgan fingerprint density at radius 2 is 2.05 bits per heavy atom. The van der Waals surface area contributed by atoms with E-state index in [2.05, 4.69) is 0 Å². The highest BCUT2D eigenvalue weighted by molar-refractivity contribution is 8.18. The molecule has 0 radical (unpaired) electrons. The van der Waals surface area contributed by atoms with E-state index in [9.17, 15) is 9.59 Å². The van der Waals surface area contributed by atoms with E-state index >= 15 is 0 Å². The second kappa shape index (κ2) is 7.40. The van der Waals surface area contributed by atoms with Crippen LogP contribution in [0.5, 0.6) is 5.75 Å². The number of carbonyl (C=O) groups excluding carboxylic acids is 2. The number of rotatable bonds is 5. The molecule has 1 aliphatic heterocycles. The van der Waals surface area contributed by atoms with E-state index in [1.54, 1.807) is 18.2 Å². The predicted octanol–water partition coefficient (Wildman–Crippen LogP) is 4.84. The van der Waals surface area contributed by atoms with E-state index in [4.69, 9.17) is 27.9 Å². The van der Waals surface area contributed by atoms with Crippen molar-refractivity contribution in [3.05, 3.63) is 32.6 Å². The minimum absolute atomic E-state index is 0.253. The minimum atomic E-state index is -0.290.